The monoisotopic (exact) mass is 293 g/mol. The lowest BCUT2D eigenvalue weighted by molar-refractivity contribution is -0.402. The third-order valence-corrected chi connectivity index (χ3v) is 2.86. The Morgan fingerprint density at radius 3 is 2.55 bits per heavy atom. The van der Waals surface area contributed by atoms with Crippen molar-refractivity contribution in [1.29, 1.82) is 0 Å². The van der Waals surface area contributed by atoms with Crippen LogP contribution in [0.25, 0.3) is 6.08 Å². The van der Waals surface area contributed by atoms with Gasteiger partial charge in [0.15, 0.2) is 0 Å². The molecule has 6 nitrogen and oxygen atoms in total. The lowest BCUT2D eigenvalue weighted by Gasteiger charge is -2.06. The Labute approximate surface area is 120 Å². The number of thioether (sulfide) groups is 1. The van der Waals surface area contributed by atoms with Crippen molar-refractivity contribution in [2.45, 2.75) is 6.42 Å². The summed E-state index contributed by atoms with van der Waals surface area (Å²) in [4.78, 5) is 20.1. The van der Waals surface area contributed by atoms with Crippen LogP contribution in [-0.4, -0.2) is 17.1 Å². The number of nitrogens with zero attached hydrogens (tertiary/aromatic N) is 1. The first-order valence-electron chi connectivity index (χ1n) is 5.64. The maximum atomic E-state index is 10.4. The van der Waals surface area contributed by atoms with E-state index in [1.165, 1.54) is 17.8 Å². The van der Waals surface area contributed by atoms with Crippen LogP contribution in [-0.2, 0) is 4.79 Å². The number of aliphatic carboxylic acids is 1. The molecule has 0 heterocycles. The molecule has 106 valence electrons. The van der Waals surface area contributed by atoms with Crippen LogP contribution >= 0.6 is 11.8 Å². The Morgan fingerprint density at radius 1 is 1.40 bits per heavy atom. The zero-order chi connectivity index (χ0) is 15.0. The molecule has 0 amide bonds. The molecular weight excluding hydrogens is 280 g/mol. The highest BCUT2D eigenvalue weighted by Gasteiger charge is 2.01. The van der Waals surface area contributed by atoms with Crippen LogP contribution in [0.15, 0.2) is 41.6 Å². The molecular formula is C13H13N2O4S-. The molecule has 0 saturated carbocycles. The number of hydrogen-bond acceptors (Lipinski definition) is 6. The average Bonchev–Trinajstić information content (AvgIpc) is 2.39. The van der Waals surface area contributed by atoms with Crippen LogP contribution in [0.5, 0.6) is 0 Å². The third-order valence-electron chi connectivity index (χ3n) is 2.22. The van der Waals surface area contributed by atoms with E-state index in [1.807, 2.05) is 0 Å². The summed E-state index contributed by atoms with van der Waals surface area (Å²) in [6.45, 7) is 0. The summed E-state index contributed by atoms with van der Waals surface area (Å²) in [5.41, 5.74) is 1.55. The van der Waals surface area contributed by atoms with Crippen molar-refractivity contribution in [3.63, 3.8) is 0 Å². The summed E-state index contributed by atoms with van der Waals surface area (Å²) in [5.74, 6) is -1.13. The minimum absolute atomic E-state index is 0.137. The number of carbonyl (C=O) groups is 1. The largest absolute Gasteiger partial charge is 0.550 e. The van der Waals surface area contributed by atoms with Gasteiger partial charge in [-0.2, -0.15) is 0 Å². The summed E-state index contributed by atoms with van der Waals surface area (Å²) in [7, 11) is 0. The van der Waals surface area contributed by atoms with Crippen molar-refractivity contribution in [3.05, 3.63) is 57.2 Å². The van der Waals surface area contributed by atoms with Gasteiger partial charge in [-0.15, -0.1) is 11.8 Å². The molecule has 1 rings (SSSR count). The van der Waals surface area contributed by atoms with E-state index in [0.29, 0.717) is 10.7 Å². The van der Waals surface area contributed by atoms with Crippen molar-refractivity contribution in [1.82, 2.24) is 0 Å². The summed E-state index contributed by atoms with van der Waals surface area (Å²) >= 11 is 1.24. The van der Waals surface area contributed by atoms with Crippen molar-refractivity contribution < 1.29 is 14.8 Å². The number of benzene rings is 1. The summed E-state index contributed by atoms with van der Waals surface area (Å²) < 4.78 is 0. The maximum Gasteiger partial charge on any atom is 0.264 e. The SMILES string of the molecule is CS/C(=C\[N+](=O)[O-])Nc1ccc(/C=C/CC(=O)[O-])cc1. The minimum atomic E-state index is -1.13. The Balaban J connectivity index is 2.69. The first-order valence-corrected chi connectivity index (χ1v) is 6.86. The second-order valence-electron chi connectivity index (χ2n) is 3.71. The molecule has 1 aromatic rings. The summed E-state index contributed by atoms with van der Waals surface area (Å²) in [6, 6.07) is 7.06. The highest BCUT2D eigenvalue weighted by Crippen LogP contribution is 2.18. The van der Waals surface area contributed by atoms with E-state index in [-0.39, 0.29) is 6.42 Å². The van der Waals surface area contributed by atoms with E-state index in [0.717, 1.165) is 11.8 Å². The fraction of sp³-hybridized carbons (Fsp3) is 0.154. The molecule has 0 fully saturated rings. The molecule has 0 saturated heterocycles. The van der Waals surface area contributed by atoms with E-state index in [1.54, 1.807) is 36.6 Å². The molecule has 0 bridgehead atoms. The van der Waals surface area contributed by atoms with Crippen LogP contribution < -0.4 is 10.4 Å². The fourth-order valence-electron chi connectivity index (χ4n) is 1.34. The minimum Gasteiger partial charge on any atom is -0.550 e. The van der Waals surface area contributed by atoms with E-state index >= 15 is 0 Å². The Morgan fingerprint density at radius 2 is 2.05 bits per heavy atom. The fourth-order valence-corrected chi connectivity index (χ4v) is 1.75. The Hall–Kier alpha value is -2.28. The quantitative estimate of drug-likeness (QED) is 0.607. The van der Waals surface area contributed by atoms with Crippen LogP contribution in [0.4, 0.5) is 5.69 Å². The standard InChI is InChI=1S/C13H14N2O4S/c1-20-12(9-15(18)19)14-11-7-5-10(6-8-11)3-2-4-13(16)17/h2-3,5-9,14H,4H2,1H3,(H,16,17)/p-1/b3-2+,12-9-. The predicted octanol–water partition coefficient (Wildman–Crippen LogP) is 1.69. The van der Waals surface area contributed by atoms with Gasteiger partial charge in [-0.3, -0.25) is 10.1 Å². The van der Waals surface area contributed by atoms with E-state index in [9.17, 15) is 20.0 Å². The van der Waals surface area contributed by atoms with Gasteiger partial charge in [0.2, 0.25) is 0 Å². The van der Waals surface area contributed by atoms with Gasteiger partial charge in [0.1, 0.15) is 5.03 Å². The second-order valence-corrected chi connectivity index (χ2v) is 4.56. The molecule has 0 aromatic heterocycles. The number of hydrogen-bond donors (Lipinski definition) is 1. The van der Waals surface area contributed by atoms with Gasteiger partial charge in [0.05, 0.1) is 4.92 Å². The van der Waals surface area contributed by atoms with Crippen molar-refractivity contribution in [2.75, 3.05) is 11.6 Å². The number of anilines is 1. The number of nitrogens with one attached hydrogen (secondary N) is 1. The van der Waals surface area contributed by atoms with Gasteiger partial charge < -0.3 is 15.2 Å². The average molecular weight is 293 g/mol. The topological polar surface area (TPSA) is 95.3 Å². The van der Waals surface area contributed by atoms with Gasteiger partial charge in [0, 0.05) is 18.1 Å². The molecule has 0 aliphatic carbocycles. The Bertz CT molecular complexity index is 538. The van der Waals surface area contributed by atoms with Gasteiger partial charge in [-0.1, -0.05) is 24.3 Å². The summed E-state index contributed by atoms with van der Waals surface area (Å²) in [5, 5.41) is 24.0. The van der Waals surface area contributed by atoms with Crippen LogP contribution in [0.1, 0.15) is 12.0 Å². The molecule has 20 heavy (non-hydrogen) atoms. The molecule has 0 radical (unpaired) electrons. The van der Waals surface area contributed by atoms with Gasteiger partial charge in [-0.05, 0) is 24.0 Å². The second kappa shape index (κ2) is 8.00. The highest BCUT2D eigenvalue weighted by molar-refractivity contribution is 8.02. The third kappa shape index (κ3) is 6.05. The molecule has 0 spiro atoms. The number of carbonyl (C=O) groups excluding carboxylic acids is 1. The van der Waals surface area contributed by atoms with Crippen LogP contribution in [0.3, 0.4) is 0 Å². The summed E-state index contributed by atoms with van der Waals surface area (Å²) in [6.07, 6.45) is 5.67. The Kier molecular flexibility index (Phi) is 6.31. The molecule has 0 atom stereocenters. The first-order chi connectivity index (χ1) is 9.51. The normalized spacial score (nSPS) is 11.6. The number of nitro groups is 1. The lowest BCUT2D eigenvalue weighted by atomic mass is 10.2. The van der Waals surface area contributed by atoms with E-state index in [4.69, 9.17) is 0 Å². The van der Waals surface area contributed by atoms with E-state index in [2.05, 4.69) is 5.32 Å². The number of carboxylic acids is 1. The van der Waals surface area contributed by atoms with Crippen molar-refractivity contribution >= 4 is 29.5 Å². The van der Waals surface area contributed by atoms with Crippen LogP contribution in [0.2, 0.25) is 0 Å². The molecule has 1 N–H and O–H groups in total. The van der Waals surface area contributed by atoms with Crippen LogP contribution in [0, 0.1) is 10.1 Å². The molecule has 0 unspecified atom stereocenters. The number of carboxylic acid groups (broad SMARTS) is 1. The molecule has 7 heteroatoms. The lowest BCUT2D eigenvalue weighted by Crippen LogP contribution is -2.20. The van der Waals surface area contributed by atoms with Crippen molar-refractivity contribution in [2.24, 2.45) is 0 Å². The molecule has 0 aliphatic rings. The molecule has 1 aromatic carbocycles. The smallest absolute Gasteiger partial charge is 0.264 e. The van der Waals surface area contributed by atoms with Gasteiger partial charge >= 0.3 is 0 Å². The van der Waals surface area contributed by atoms with E-state index < -0.39 is 10.9 Å². The molecule has 0 aliphatic heterocycles. The zero-order valence-corrected chi connectivity index (χ0v) is 11.6. The van der Waals surface area contributed by atoms with Gasteiger partial charge in [0.25, 0.3) is 6.20 Å². The van der Waals surface area contributed by atoms with Gasteiger partial charge in [-0.25, -0.2) is 0 Å². The predicted molar refractivity (Wildman–Crippen MR) is 77.3 cm³/mol. The maximum absolute atomic E-state index is 10.4. The number of rotatable bonds is 7. The van der Waals surface area contributed by atoms with Crippen molar-refractivity contribution in [3.8, 4) is 0 Å². The highest BCUT2D eigenvalue weighted by atomic mass is 32.2. The zero-order valence-electron chi connectivity index (χ0n) is 10.7. The first kappa shape index (κ1) is 15.8.